The van der Waals surface area contributed by atoms with Gasteiger partial charge in [0.15, 0.2) is 0 Å². The van der Waals surface area contributed by atoms with Crippen LogP contribution in [0.25, 0.3) is 0 Å². The van der Waals surface area contributed by atoms with Gasteiger partial charge in [0, 0.05) is 50.7 Å². The summed E-state index contributed by atoms with van der Waals surface area (Å²) >= 11 is 0. The van der Waals surface area contributed by atoms with Crippen molar-refractivity contribution in [3.63, 3.8) is 0 Å². The highest BCUT2D eigenvalue weighted by atomic mass is 16.2. The SMILES string of the molecule is CN(CC(=O)N1CCCC(c2nccn2CC2CC2)C1)Cc1ccccn1. The van der Waals surface area contributed by atoms with E-state index in [1.807, 2.05) is 41.2 Å². The molecule has 0 radical (unpaired) electrons. The van der Waals surface area contributed by atoms with Crippen molar-refractivity contribution in [2.24, 2.45) is 5.92 Å². The summed E-state index contributed by atoms with van der Waals surface area (Å²) in [7, 11) is 1.98. The fraction of sp³-hybridized carbons (Fsp3) is 0.571. The minimum Gasteiger partial charge on any atom is -0.341 e. The van der Waals surface area contributed by atoms with Crippen LogP contribution in [-0.4, -0.2) is 56.9 Å². The Kier molecular flexibility index (Phi) is 5.53. The Bertz CT molecular complexity index is 755. The van der Waals surface area contributed by atoms with E-state index in [1.165, 1.54) is 18.7 Å². The Morgan fingerprint density at radius 3 is 2.89 bits per heavy atom. The molecule has 1 aliphatic heterocycles. The Hall–Kier alpha value is -2.21. The highest BCUT2D eigenvalue weighted by Crippen LogP contribution is 2.33. The van der Waals surface area contributed by atoms with Crippen LogP contribution in [0.3, 0.4) is 0 Å². The first-order valence-electron chi connectivity index (χ1n) is 10.1. The molecule has 0 N–H and O–H groups in total. The van der Waals surface area contributed by atoms with Crippen LogP contribution in [-0.2, 0) is 17.9 Å². The molecule has 2 aromatic rings. The first-order chi connectivity index (χ1) is 13.2. The summed E-state index contributed by atoms with van der Waals surface area (Å²) in [6.45, 7) is 3.86. The number of hydrogen-bond acceptors (Lipinski definition) is 4. The lowest BCUT2D eigenvalue weighted by atomic mass is 9.97. The molecule has 1 saturated carbocycles. The zero-order valence-corrected chi connectivity index (χ0v) is 16.1. The van der Waals surface area contributed by atoms with Crippen LogP contribution in [0.1, 0.15) is 43.1 Å². The number of imidazole rings is 1. The molecule has 0 spiro atoms. The average molecular weight is 367 g/mol. The second-order valence-corrected chi connectivity index (χ2v) is 8.05. The summed E-state index contributed by atoms with van der Waals surface area (Å²) in [4.78, 5) is 25.9. The first-order valence-corrected chi connectivity index (χ1v) is 10.1. The van der Waals surface area contributed by atoms with Crippen molar-refractivity contribution in [2.75, 3.05) is 26.7 Å². The van der Waals surface area contributed by atoms with Gasteiger partial charge in [-0.05, 0) is 50.8 Å². The van der Waals surface area contributed by atoms with Gasteiger partial charge in [-0.25, -0.2) is 4.98 Å². The van der Waals surface area contributed by atoms with Crippen molar-refractivity contribution >= 4 is 5.91 Å². The second kappa shape index (κ2) is 8.21. The normalized spacial score (nSPS) is 20.2. The summed E-state index contributed by atoms with van der Waals surface area (Å²) in [6, 6.07) is 5.89. The van der Waals surface area contributed by atoms with Crippen LogP contribution >= 0.6 is 0 Å². The molecule has 2 aliphatic rings. The third kappa shape index (κ3) is 4.75. The lowest BCUT2D eigenvalue weighted by Crippen LogP contribution is -2.44. The van der Waals surface area contributed by atoms with Crippen molar-refractivity contribution < 1.29 is 4.79 Å². The van der Waals surface area contributed by atoms with E-state index in [0.717, 1.165) is 44.1 Å². The quantitative estimate of drug-likeness (QED) is 0.755. The van der Waals surface area contributed by atoms with E-state index in [9.17, 15) is 4.79 Å². The zero-order chi connectivity index (χ0) is 18.6. The van der Waals surface area contributed by atoms with Gasteiger partial charge in [-0.3, -0.25) is 14.7 Å². The van der Waals surface area contributed by atoms with Gasteiger partial charge in [-0.1, -0.05) is 6.07 Å². The molecule has 0 bridgehead atoms. The molecule has 144 valence electrons. The molecule has 1 saturated heterocycles. The minimum absolute atomic E-state index is 0.207. The highest BCUT2D eigenvalue weighted by molar-refractivity contribution is 5.78. The number of carbonyl (C=O) groups is 1. The number of hydrogen-bond donors (Lipinski definition) is 0. The number of piperidine rings is 1. The minimum atomic E-state index is 0.207. The fourth-order valence-corrected chi connectivity index (χ4v) is 3.98. The van der Waals surface area contributed by atoms with Crippen LogP contribution in [0.15, 0.2) is 36.8 Å². The van der Waals surface area contributed by atoms with Crippen LogP contribution in [0.2, 0.25) is 0 Å². The predicted molar refractivity (Wildman–Crippen MR) is 104 cm³/mol. The Morgan fingerprint density at radius 1 is 1.22 bits per heavy atom. The van der Waals surface area contributed by atoms with Gasteiger partial charge in [0.2, 0.25) is 5.91 Å². The molecule has 1 amide bonds. The van der Waals surface area contributed by atoms with Crippen LogP contribution in [0.4, 0.5) is 0 Å². The summed E-state index contributed by atoms with van der Waals surface area (Å²) in [5.41, 5.74) is 0.992. The molecule has 6 heteroatoms. The van der Waals surface area contributed by atoms with Gasteiger partial charge in [0.1, 0.15) is 5.82 Å². The van der Waals surface area contributed by atoms with Crippen molar-refractivity contribution in [1.82, 2.24) is 24.3 Å². The molecule has 1 aliphatic carbocycles. The lowest BCUT2D eigenvalue weighted by Gasteiger charge is -2.33. The van der Waals surface area contributed by atoms with Gasteiger partial charge in [-0.2, -0.15) is 0 Å². The van der Waals surface area contributed by atoms with Gasteiger partial charge in [0.25, 0.3) is 0 Å². The van der Waals surface area contributed by atoms with Gasteiger partial charge < -0.3 is 9.47 Å². The summed E-state index contributed by atoms with van der Waals surface area (Å²) in [6.07, 6.45) is 10.7. The van der Waals surface area contributed by atoms with Crippen LogP contribution < -0.4 is 0 Å². The Morgan fingerprint density at radius 2 is 2.11 bits per heavy atom. The molecule has 1 unspecified atom stereocenters. The number of carbonyl (C=O) groups excluding carboxylic acids is 1. The van der Waals surface area contributed by atoms with Gasteiger partial charge in [0.05, 0.1) is 12.2 Å². The van der Waals surface area contributed by atoms with Crippen LogP contribution in [0, 0.1) is 5.92 Å². The Balaban J connectivity index is 1.33. The molecule has 2 fully saturated rings. The predicted octanol–water partition coefficient (Wildman–Crippen LogP) is 2.53. The molecular weight excluding hydrogens is 338 g/mol. The summed E-state index contributed by atoms with van der Waals surface area (Å²) < 4.78 is 2.32. The van der Waals surface area contributed by atoms with E-state index < -0.39 is 0 Å². The van der Waals surface area contributed by atoms with E-state index in [1.54, 1.807) is 6.20 Å². The molecule has 1 atom stereocenters. The van der Waals surface area contributed by atoms with E-state index in [4.69, 9.17) is 0 Å². The van der Waals surface area contributed by atoms with Gasteiger partial charge in [-0.15, -0.1) is 0 Å². The Labute approximate surface area is 161 Å². The first kappa shape index (κ1) is 18.2. The highest BCUT2D eigenvalue weighted by Gasteiger charge is 2.29. The maximum Gasteiger partial charge on any atom is 0.236 e. The number of pyridine rings is 1. The lowest BCUT2D eigenvalue weighted by molar-refractivity contribution is -0.133. The summed E-state index contributed by atoms with van der Waals surface area (Å²) in [5.74, 6) is 2.57. The third-order valence-electron chi connectivity index (χ3n) is 5.60. The summed E-state index contributed by atoms with van der Waals surface area (Å²) in [5, 5.41) is 0. The molecule has 3 heterocycles. The maximum absolute atomic E-state index is 12.8. The third-order valence-corrected chi connectivity index (χ3v) is 5.60. The number of likely N-dealkylation sites (tertiary alicyclic amines) is 1. The van der Waals surface area contributed by atoms with E-state index in [2.05, 4.69) is 20.7 Å². The maximum atomic E-state index is 12.8. The fourth-order valence-electron chi connectivity index (χ4n) is 3.98. The smallest absolute Gasteiger partial charge is 0.236 e. The zero-order valence-electron chi connectivity index (χ0n) is 16.1. The molecule has 0 aromatic carbocycles. The monoisotopic (exact) mass is 367 g/mol. The van der Waals surface area contributed by atoms with Crippen molar-refractivity contribution in [3.05, 3.63) is 48.3 Å². The van der Waals surface area contributed by atoms with Crippen molar-refractivity contribution in [3.8, 4) is 0 Å². The molecule has 6 nitrogen and oxygen atoms in total. The second-order valence-electron chi connectivity index (χ2n) is 8.05. The van der Waals surface area contributed by atoms with E-state index >= 15 is 0 Å². The topological polar surface area (TPSA) is 54.3 Å². The number of nitrogens with zero attached hydrogens (tertiary/aromatic N) is 5. The average Bonchev–Trinajstić information content (AvgIpc) is 3.37. The van der Waals surface area contributed by atoms with Gasteiger partial charge >= 0.3 is 0 Å². The largest absolute Gasteiger partial charge is 0.341 e. The number of amides is 1. The standard InChI is InChI=1S/C21H29N5O/c1-24(15-19-6-2-3-9-22-19)16-20(27)25-11-4-5-18(14-25)21-23-10-12-26(21)13-17-7-8-17/h2-3,6,9-10,12,17-18H,4-5,7-8,11,13-16H2,1H3. The molecule has 27 heavy (non-hydrogen) atoms. The van der Waals surface area contributed by atoms with Crippen molar-refractivity contribution in [1.29, 1.82) is 0 Å². The number of likely N-dealkylation sites (N-methyl/N-ethyl adjacent to an activating group) is 1. The number of aromatic nitrogens is 3. The van der Waals surface area contributed by atoms with E-state index in [0.29, 0.717) is 19.0 Å². The molecule has 4 rings (SSSR count). The molecule has 2 aromatic heterocycles. The van der Waals surface area contributed by atoms with Crippen molar-refractivity contribution in [2.45, 2.75) is 44.7 Å². The number of rotatable bonds is 7. The van der Waals surface area contributed by atoms with E-state index in [-0.39, 0.29) is 5.91 Å². The molecular formula is C21H29N5O. The van der Waals surface area contributed by atoms with Crippen LogP contribution in [0.5, 0.6) is 0 Å².